The number of H-pyrrole nitrogens is 1. The number of hydrogen-bond donors (Lipinski definition) is 1. The fourth-order valence-electron chi connectivity index (χ4n) is 2.84. The van der Waals surface area contributed by atoms with E-state index in [-0.39, 0.29) is 0 Å². The van der Waals surface area contributed by atoms with E-state index in [0.29, 0.717) is 6.04 Å². The third kappa shape index (κ3) is 1.93. The van der Waals surface area contributed by atoms with E-state index in [1.54, 1.807) is 6.33 Å². The van der Waals surface area contributed by atoms with E-state index in [1.165, 1.54) is 0 Å². The minimum atomic E-state index is 0.457. The Morgan fingerprint density at radius 1 is 1.15 bits per heavy atom. The molecule has 1 saturated heterocycles. The molecule has 1 aliphatic heterocycles. The van der Waals surface area contributed by atoms with Crippen molar-refractivity contribution in [3.8, 4) is 0 Å². The molecule has 0 unspecified atom stereocenters. The molecule has 2 aromatic heterocycles. The van der Waals surface area contributed by atoms with Crippen molar-refractivity contribution in [3.05, 3.63) is 36.9 Å². The van der Waals surface area contributed by atoms with Crippen LogP contribution in [0.4, 0.5) is 5.95 Å². The van der Waals surface area contributed by atoms with Crippen molar-refractivity contribution >= 4 is 17.0 Å². The van der Waals surface area contributed by atoms with Crippen molar-refractivity contribution in [1.82, 2.24) is 24.7 Å². The van der Waals surface area contributed by atoms with Gasteiger partial charge in [-0.25, -0.2) is 14.6 Å². The molecule has 1 fully saturated rings. The lowest BCUT2D eigenvalue weighted by atomic mass is 10.1. The molecule has 3 aromatic rings. The Bertz CT molecular complexity index is 660. The molecule has 102 valence electrons. The van der Waals surface area contributed by atoms with Crippen molar-refractivity contribution in [2.45, 2.75) is 18.9 Å². The first kappa shape index (κ1) is 11.5. The summed E-state index contributed by atoms with van der Waals surface area (Å²) in [7, 11) is 0. The topological polar surface area (TPSA) is 62.6 Å². The molecular weight excluding hydrogens is 252 g/mol. The van der Waals surface area contributed by atoms with Gasteiger partial charge in [-0.05, 0) is 25.0 Å². The van der Waals surface area contributed by atoms with E-state index in [1.807, 2.05) is 29.2 Å². The number of piperidine rings is 1. The van der Waals surface area contributed by atoms with Crippen LogP contribution in [0.2, 0.25) is 0 Å². The Morgan fingerprint density at radius 2 is 2.00 bits per heavy atom. The predicted molar refractivity (Wildman–Crippen MR) is 76.6 cm³/mol. The first-order chi connectivity index (χ1) is 9.90. The standard InChI is InChI=1S/C14H16N6/c1-2-4-13-12(3-1)17-14(18-13)19-7-5-11(6-8-19)20-10-15-9-16-20/h1-4,9-11H,5-8H2,(H,17,18). The van der Waals surface area contributed by atoms with Crippen molar-refractivity contribution in [2.75, 3.05) is 18.0 Å². The van der Waals surface area contributed by atoms with Gasteiger partial charge in [-0.15, -0.1) is 0 Å². The Hall–Kier alpha value is -2.37. The molecule has 3 heterocycles. The average Bonchev–Trinajstić information content (AvgIpc) is 3.17. The highest BCUT2D eigenvalue weighted by Crippen LogP contribution is 2.25. The van der Waals surface area contributed by atoms with Gasteiger partial charge in [0, 0.05) is 13.1 Å². The minimum absolute atomic E-state index is 0.457. The summed E-state index contributed by atoms with van der Waals surface area (Å²) in [6.45, 7) is 1.98. The largest absolute Gasteiger partial charge is 0.342 e. The highest BCUT2D eigenvalue weighted by atomic mass is 15.3. The van der Waals surface area contributed by atoms with Gasteiger partial charge < -0.3 is 9.88 Å². The number of rotatable bonds is 2. The summed E-state index contributed by atoms with van der Waals surface area (Å²) in [4.78, 5) is 14.4. The van der Waals surface area contributed by atoms with Gasteiger partial charge in [-0.1, -0.05) is 12.1 Å². The molecule has 0 aliphatic carbocycles. The number of nitrogens with one attached hydrogen (secondary N) is 1. The lowest BCUT2D eigenvalue weighted by Crippen LogP contribution is -2.35. The first-order valence-corrected chi connectivity index (χ1v) is 6.94. The van der Waals surface area contributed by atoms with Crippen molar-refractivity contribution in [3.63, 3.8) is 0 Å². The summed E-state index contributed by atoms with van der Waals surface area (Å²) in [6, 6.07) is 8.61. The molecule has 6 heteroatoms. The number of aromatic nitrogens is 5. The maximum absolute atomic E-state index is 4.66. The van der Waals surface area contributed by atoms with Crippen LogP contribution in [0.3, 0.4) is 0 Å². The molecule has 0 saturated carbocycles. The van der Waals surface area contributed by atoms with Gasteiger partial charge in [0.15, 0.2) is 0 Å². The van der Waals surface area contributed by atoms with E-state index in [9.17, 15) is 0 Å². The number of benzene rings is 1. The van der Waals surface area contributed by atoms with Crippen LogP contribution in [-0.2, 0) is 0 Å². The summed E-state index contributed by atoms with van der Waals surface area (Å²) >= 11 is 0. The zero-order chi connectivity index (χ0) is 13.4. The number of fused-ring (bicyclic) bond motifs is 1. The third-order valence-electron chi connectivity index (χ3n) is 3.95. The Kier molecular flexibility index (Phi) is 2.65. The van der Waals surface area contributed by atoms with E-state index in [0.717, 1.165) is 42.9 Å². The molecule has 0 bridgehead atoms. The number of hydrogen-bond acceptors (Lipinski definition) is 4. The highest BCUT2D eigenvalue weighted by molar-refractivity contribution is 5.77. The van der Waals surface area contributed by atoms with E-state index < -0.39 is 0 Å². The second-order valence-corrected chi connectivity index (χ2v) is 5.17. The minimum Gasteiger partial charge on any atom is -0.342 e. The van der Waals surface area contributed by atoms with Crippen LogP contribution in [0.1, 0.15) is 18.9 Å². The van der Waals surface area contributed by atoms with Gasteiger partial charge in [0.2, 0.25) is 5.95 Å². The van der Waals surface area contributed by atoms with Gasteiger partial charge in [0.1, 0.15) is 12.7 Å². The van der Waals surface area contributed by atoms with Crippen molar-refractivity contribution in [1.29, 1.82) is 0 Å². The molecule has 0 spiro atoms. The number of aromatic amines is 1. The molecule has 20 heavy (non-hydrogen) atoms. The van der Waals surface area contributed by atoms with E-state index in [2.05, 4.69) is 31.0 Å². The summed E-state index contributed by atoms with van der Waals surface area (Å²) in [5.41, 5.74) is 2.13. The van der Waals surface area contributed by atoms with Gasteiger partial charge in [0.25, 0.3) is 0 Å². The highest BCUT2D eigenvalue weighted by Gasteiger charge is 2.22. The monoisotopic (exact) mass is 268 g/mol. The van der Waals surface area contributed by atoms with Crippen LogP contribution < -0.4 is 4.90 Å². The lowest BCUT2D eigenvalue weighted by molar-refractivity contribution is 0.364. The normalized spacial score (nSPS) is 16.9. The van der Waals surface area contributed by atoms with Gasteiger partial charge in [-0.3, -0.25) is 0 Å². The SMILES string of the molecule is c1ccc2[nH]c(N3CCC(n4cncn4)CC3)nc2c1. The average molecular weight is 268 g/mol. The van der Waals surface area contributed by atoms with Crippen LogP contribution in [0.15, 0.2) is 36.9 Å². The molecule has 1 aliphatic rings. The molecule has 0 amide bonds. The molecule has 1 N–H and O–H groups in total. The lowest BCUT2D eigenvalue weighted by Gasteiger charge is -2.31. The quantitative estimate of drug-likeness (QED) is 0.772. The summed E-state index contributed by atoms with van der Waals surface area (Å²) < 4.78 is 1.97. The smallest absolute Gasteiger partial charge is 0.203 e. The fraction of sp³-hybridized carbons (Fsp3) is 0.357. The number of imidazole rings is 1. The third-order valence-corrected chi connectivity index (χ3v) is 3.95. The van der Waals surface area contributed by atoms with Crippen LogP contribution in [0.25, 0.3) is 11.0 Å². The first-order valence-electron chi connectivity index (χ1n) is 6.94. The number of anilines is 1. The molecule has 1 aromatic carbocycles. The van der Waals surface area contributed by atoms with Crippen LogP contribution in [-0.4, -0.2) is 37.8 Å². The Morgan fingerprint density at radius 3 is 2.75 bits per heavy atom. The molecule has 6 nitrogen and oxygen atoms in total. The Labute approximate surface area is 116 Å². The van der Waals surface area contributed by atoms with E-state index in [4.69, 9.17) is 0 Å². The number of para-hydroxylation sites is 2. The summed E-state index contributed by atoms with van der Waals surface area (Å²) in [5.74, 6) is 0.975. The predicted octanol–water partition coefficient (Wildman–Crippen LogP) is 2.00. The second kappa shape index (κ2) is 4.63. The zero-order valence-corrected chi connectivity index (χ0v) is 11.1. The summed E-state index contributed by atoms with van der Waals surface area (Å²) in [5, 5.41) is 4.24. The molecular formula is C14H16N6. The van der Waals surface area contributed by atoms with Gasteiger partial charge in [-0.2, -0.15) is 5.10 Å². The fourth-order valence-corrected chi connectivity index (χ4v) is 2.84. The van der Waals surface area contributed by atoms with Crippen LogP contribution in [0.5, 0.6) is 0 Å². The second-order valence-electron chi connectivity index (χ2n) is 5.17. The van der Waals surface area contributed by atoms with Crippen LogP contribution in [0, 0.1) is 0 Å². The maximum atomic E-state index is 4.66. The van der Waals surface area contributed by atoms with Crippen LogP contribution >= 0.6 is 0 Å². The molecule has 4 rings (SSSR count). The molecule has 0 atom stereocenters. The molecule has 0 radical (unpaired) electrons. The maximum Gasteiger partial charge on any atom is 0.203 e. The number of nitrogens with zero attached hydrogens (tertiary/aromatic N) is 5. The van der Waals surface area contributed by atoms with Gasteiger partial charge in [0.05, 0.1) is 17.1 Å². The van der Waals surface area contributed by atoms with Crippen molar-refractivity contribution in [2.24, 2.45) is 0 Å². The van der Waals surface area contributed by atoms with Gasteiger partial charge >= 0.3 is 0 Å². The Balaban J connectivity index is 1.51. The summed E-state index contributed by atoms with van der Waals surface area (Å²) in [6.07, 6.45) is 5.55. The van der Waals surface area contributed by atoms with Crippen molar-refractivity contribution < 1.29 is 0 Å². The van der Waals surface area contributed by atoms with E-state index >= 15 is 0 Å². The zero-order valence-electron chi connectivity index (χ0n) is 11.1.